The molecule has 0 atom stereocenters. The van der Waals surface area contributed by atoms with Crippen molar-refractivity contribution >= 4 is 40.0 Å². The SMILES string of the molecule is COc1ccc2c(c1)c(C(=O)C(=O)Nc1cccnn1)c(C)n2Cc1ccc(Cl)cc1. The van der Waals surface area contributed by atoms with Crippen LogP contribution >= 0.6 is 11.6 Å². The first kappa shape index (κ1) is 20.6. The molecule has 2 aromatic heterocycles. The number of benzene rings is 2. The highest BCUT2D eigenvalue weighted by molar-refractivity contribution is 6.48. The molecule has 0 unspecified atom stereocenters. The maximum atomic E-state index is 13.2. The normalized spacial score (nSPS) is 10.8. The third kappa shape index (κ3) is 4.13. The summed E-state index contributed by atoms with van der Waals surface area (Å²) in [4.78, 5) is 25.8. The van der Waals surface area contributed by atoms with E-state index in [2.05, 4.69) is 15.5 Å². The third-order valence-corrected chi connectivity index (χ3v) is 5.28. The first-order chi connectivity index (χ1) is 15.0. The molecule has 0 radical (unpaired) electrons. The van der Waals surface area contributed by atoms with Crippen LogP contribution in [0.4, 0.5) is 5.82 Å². The van der Waals surface area contributed by atoms with Gasteiger partial charge in [-0.1, -0.05) is 23.7 Å². The lowest BCUT2D eigenvalue weighted by Crippen LogP contribution is -2.24. The Morgan fingerprint density at radius 2 is 1.90 bits per heavy atom. The highest BCUT2D eigenvalue weighted by Gasteiger charge is 2.26. The van der Waals surface area contributed by atoms with Crippen molar-refractivity contribution in [3.8, 4) is 5.75 Å². The van der Waals surface area contributed by atoms with E-state index in [1.54, 1.807) is 25.3 Å². The number of aromatic nitrogens is 3. The summed E-state index contributed by atoms with van der Waals surface area (Å²) >= 11 is 6.00. The van der Waals surface area contributed by atoms with Crippen molar-refractivity contribution in [2.24, 2.45) is 0 Å². The van der Waals surface area contributed by atoms with Gasteiger partial charge in [0.1, 0.15) is 5.75 Å². The summed E-state index contributed by atoms with van der Waals surface area (Å²) < 4.78 is 7.34. The van der Waals surface area contributed by atoms with E-state index in [0.29, 0.717) is 34.0 Å². The predicted octanol–water partition coefficient (Wildman–Crippen LogP) is 4.27. The lowest BCUT2D eigenvalue weighted by atomic mass is 10.1. The van der Waals surface area contributed by atoms with E-state index < -0.39 is 11.7 Å². The molecule has 156 valence electrons. The maximum absolute atomic E-state index is 13.2. The lowest BCUT2D eigenvalue weighted by Gasteiger charge is -2.09. The average Bonchev–Trinajstić information content (AvgIpc) is 3.05. The fourth-order valence-electron chi connectivity index (χ4n) is 3.51. The van der Waals surface area contributed by atoms with Crippen LogP contribution in [0.1, 0.15) is 21.6 Å². The smallest absolute Gasteiger partial charge is 0.298 e. The fraction of sp³-hybridized carbons (Fsp3) is 0.130. The molecule has 1 N–H and O–H groups in total. The second-order valence-electron chi connectivity index (χ2n) is 6.95. The Kier molecular flexibility index (Phi) is 5.68. The van der Waals surface area contributed by atoms with Crippen LogP contribution in [0.25, 0.3) is 10.9 Å². The molecular weight excluding hydrogens is 416 g/mol. The number of carbonyl (C=O) groups excluding carboxylic acids is 2. The molecule has 0 aliphatic carbocycles. The van der Waals surface area contributed by atoms with Crippen LogP contribution in [0, 0.1) is 6.92 Å². The first-order valence-corrected chi connectivity index (χ1v) is 9.90. The van der Waals surface area contributed by atoms with E-state index in [0.717, 1.165) is 11.1 Å². The van der Waals surface area contributed by atoms with Gasteiger partial charge < -0.3 is 14.6 Å². The molecule has 0 saturated heterocycles. The predicted molar refractivity (Wildman–Crippen MR) is 119 cm³/mol. The van der Waals surface area contributed by atoms with Gasteiger partial charge in [0.05, 0.1) is 12.7 Å². The summed E-state index contributed by atoms with van der Waals surface area (Å²) in [6.45, 7) is 2.34. The number of hydrogen-bond acceptors (Lipinski definition) is 5. The Balaban J connectivity index is 1.78. The Labute approximate surface area is 183 Å². The van der Waals surface area contributed by atoms with Gasteiger partial charge in [-0.3, -0.25) is 9.59 Å². The first-order valence-electron chi connectivity index (χ1n) is 9.52. The van der Waals surface area contributed by atoms with E-state index in [4.69, 9.17) is 16.3 Å². The van der Waals surface area contributed by atoms with Gasteiger partial charge in [-0.05, 0) is 55.0 Å². The molecular formula is C23H19ClN4O3. The number of fused-ring (bicyclic) bond motifs is 1. The number of ketones is 1. The van der Waals surface area contributed by atoms with Crippen molar-refractivity contribution in [1.82, 2.24) is 14.8 Å². The van der Waals surface area contributed by atoms with Gasteiger partial charge in [0.2, 0.25) is 0 Å². The summed E-state index contributed by atoms with van der Waals surface area (Å²) in [7, 11) is 1.56. The van der Waals surface area contributed by atoms with Gasteiger partial charge in [0.15, 0.2) is 5.82 Å². The zero-order valence-electron chi connectivity index (χ0n) is 16.9. The Bertz CT molecular complexity index is 1270. The standard InChI is InChI=1S/C23H19ClN4O3/c1-14-21(22(29)23(30)26-20-4-3-11-25-27-20)18-12-17(31-2)9-10-19(18)28(14)13-15-5-7-16(24)8-6-15/h3-12H,13H2,1-2H3,(H,26,27,30). The molecule has 31 heavy (non-hydrogen) atoms. The number of carbonyl (C=O) groups is 2. The number of amides is 1. The minimum Gasteiger partial charge on any atom is -0.497 e. The highest BCUT2D eigenvalue weighted by atomic mass is 35.5. The summed E-state index contributed by atoms with van der Waals surface area (Å²) in [6, 6.07) is 16.2. The third-order valence-electron chi connectivity index (χ3n) is 5.03. The van der Waals surface area contributed by atoms with E-state index in [1.165, 1.54) is 6.20 Å². The number of Topliss-reactive ketones (excluding diaryl/α,β-unsaturated/α-hetero) is 1. The van der Waals surface area contributed by atoms with Crippen molar-refractivity contribution in [3.05, 3.63) is 82.6 Å². The molecule has 0 aliphatic heterocycles. The van der Waals surface area contributed by atoms with Crippen LogP contribution in [0.3, 0.4) is 0 Å². The van der Waals surface area contributed by atoms with Gasteiger partial charge >= 0.3 is 0 Å². The van der Waals surface area contributed by atoms with E-state index in [9.17, 15) is 9.59 Å². The molecule has 0 fully saturated rings. The minimum atomic E-state index is -0.781. The molecule has 2 heterocycles. The van der Waals surface area contributed by atoms with Crippen LogP contribution in [0.5, 0.6) is 5.75 Å². The molecule has 0 bridgehead atoms. The van der Waals surface area contributed by atoms with Gasteiger partial charge in [0, 0.05) is 34.4 Å². The second kappa shape index (κ2) is 8.57. The summed E-state index contributed by atoms with van der Waals surface area (Å²) in [5, 5.41) is 11.3. The Morgan fingerprint density at radius 3 is 2.58 bits per heavy atom. The molecule has 0 saturated carbocycles. The number of halogens is 1. The van der Waals surface area contributed by atoms with Gasteiger partial charge in [-0.2, -0.15) is 5.10 Å². The molecule has 2 aromatic carbocycles. The topological polar surface area (TPSA) is 86.1 Å². The van der Waals surface area contributed by atoms with Crippen LogP contribution < -0.4 is 10.1 Å². The monoisotopic (exact) mass is 434 g/mol. The molecule has 1 amide bonds. The molecule has 0 aliphatic rings. The van der Waals surface area contributed by atoms with Crippen molar-refractivity contribution < 1.29 is 14.3 Å². The van der Waals surface area contributed by atoms with Crippen LogP contribution in [-0.4, -0.2) is 33.6 Å². The van der Waals surface area contributed by atoms with Crippen molar-refractivity contribution in [3.63, 3.8) is 0 Å². The average molecular weight is 435 g/mol. The molecule has 4 rings (SSSR count). The molecule has 7 nitrogen and oxygen atoms in total. The van der Waals surface area contributed by atoms with Gasteiger partial charge in [-0.25, -0.2) is 0 Å². The largest absolute Gasteiger partial charge is 0.497 e. The zero-order valence-corrected chi connectivity index (χ0v) is 17.7. The number of rotatable bonds is 6. The number of anilines is 1. The highest BCUT2D eigenvalue weighted by Crippen LogP contribution is 2.31. The summed E-state index contributed by atoms with van der Waals surface area (Å²) in [5.41, 5.74) is 2.84. The quantitative estimate of drug-likeness (QED) is 0.361. The van der Waals surface area contributed by atoms with E-state index >= 15 is 0 Å². The summed E-state index contributed by atoms with van der Waals surface area (Å²) in [6.07, 6.45) is 1.48. The van der Waals surface area contributed by atoms with Crippen LogP contribution in [-0.2, 0) is 11.3 Å². The van der Waals surface area contributed by atoms with Crippen molar-refractivity contribution in [1.29, 1.82) is 0 Å². The zero-order chi connectivity index (χ0) is 22.0. The van der Waals surface area contributed by atoms with Gasteiger partial charge in [-0.15, -0.1) is 5.10 Å². The lowest BCUT2D eigenvalue weighted by molar-refractivity contribution is -0.112. The van der Waals surface area contributed by atoms with Crippen molar-refractivity contribution in [2.45, 2.75) is 13.5 Å². The number of methoxy groups -OCH3 is 1. The minimum absolute atomic E-state index is 0.209. The molecule has 0 spiro atoms. The molecule has 8 heteroatoms. The number of ether oxygens (including phenoxy) is 1. The van der Waals surface area contributed by atoms with Crippen molar-refractivity contribution in [2.75, 3.05) is 12.4 Å². The van der Waals surface area contributed by atoms with Crippen LogP contribution in [0.2, 0.25) is 5.02 Å². The Hall–Kier alpha value is -3.71. The molecule has 4 aromatic rings. The second-order valence-corrected chi connectivity index (χ2v) is 7.38. The maximum Gasteiger partial charge on any atom is 0.298 e. The fourth-order valence-corrected chi connectivity index (χ4v) is 3.63. The Morgan fingerprint density at radius 1 is 1.13 bits per heavy atom. The van der Waals surface area contributed by atoms with E-state index in [-0.39, 0.29) is 5.82 Å². The van der Waals surface area contributed by atoms with Crippen LogP contribution in [0.15, 0.2) is 60.8 Å². The van der Waals surface area contributed by atoms with Gasteiger partial charge in [0.25, 0.3) is 11.7 Å². The number of hydrogen-bond donors (Lipinski definition) is 1. The van der Waals surface area contributed by atoms with E-state index in [1.807, 2.05) is 47.9 Å². The number of nitrogens with one attached hydrogen (secondary N) is 1. The number of nitrogens with zero attached hydrogens (tertiary/aromatic N) is 3. The summed E-state index contributed by atoms with van der Waals surface area (Å²) in [5.74, 6) is -0.631.